The van der Waals surface area contributed by atoms with Gasteiger partial charge in [-0.25, -0.2) is 8.42 Å². The lowest BCUT2D eigenvalue weighted by Gasteiger charge is -2.21. The molecular formula is C23H22ClN3O5S. The number of non-ortho nitro benzene ring substituents is 1. The summed E-state index contributed by atoms with van der Waals surface area (Å²) in [7, 11) is -0.745. The first-order valence-electron chi connectivity index (χ1n) is 9.84. The molecule has 0 aliphatic heterocycles. The van der Waals surface area contributed by atoms with E-state index in [0.717, 1.165) is 9.87 Å². The van der Waals surface area contributed by atoms with Crippen LogP contribution in [0.25, 0.3) is 0 Å². The second-order valence-corrected chi connectivity index (χ2v) is 9.90. The lowest BCUT2D eigenvalue weighted by atomic mass is 10.1. The lowest BCUT2D eigenvalue weighted by Crippen LogP contribution is -2.27. The molecule has 33 heavy (non-hydrogen) atoms. The van der Waals surface area contributed by atoms with Gasteiger partial charge in [-0.3, -0.25) is 19.2 Å². The van der Waals surface area contributed by atoms with Gasteiger partial charge in [0.1, 0.15) is 0 Å². The molecule has 0 N–H and O–H groups in total. The van der Waals surface area contributed by atoms with Crippen molar-refractivity contribution in [2.75, 3.05) is 18.4 Å². The van der Waals surface area contributed by atoms with Crippen LogP contribution < -0.4 is 4.31 Å². The Morgan fingerprint density at radius 2 is 1.61 bits per heavy atom. The summed E-state index contributed by atoms with van der Waals surface area (Å²) in [6.07, 6.45) is 0. The largest absolute Gasteiger partial charge is 0.337 e. The van der Waals surface area contributed by atoms with Crippen LogP contribution >= 0.6 is 11.6 Å². The molecule has 172 valence electrons. The Morgan fingerprint density at radius 3 is 2.18 bits per heavy atom. The van der Waals surface area contributed by atoms with E-state index in [1.54, 1.807) is 43.4 Å². The van der Waals surface area contributed by atoms with Gasteiger partial charge in [0, 0.05) is 43.4 Å². The van der Waals surface area contributed by atoms with Crippen molar-refractivity contribution in [3.05, 3.63) is 98.6 Å². The number of carbonyl (C=O) groups is 1. The number of nitro benzene ring substituents is 1. The van der Waals surface area contributed by atoms with E-state index in [0.29, 0.717) is 21.8 Å². The summed E-state index contributed by atoms with van der Waals surface area (Å²) in [5.74, 6) is -0.340. The Labute approximate surface area is 197 Å². The molecule has 0 aliphatic rings. The van der Waals surface area contributed by atoms with E-state index in [9.17, 15) is 23.3 Å². The van der Waals surface area contributed by atoms with Gasteiger partial charge in [0.25, 0.3) is 21.6 Å². The summed E-state index contributed by atoms with van der Waals surface area (Å²) < 4.78 is 26.9. The minimum atomic E-state index is -3.75. The Kier molecular flexibility index (Phi) is 7.04. The first kappa shape index (κ1) is 24.2. The van der Waals surface area contributed by atoms with Crippen LogP contribution in [0, 0.1) is 17.0 Å². The maximum absolute atomic E-state index is 12.9. The van der Waals surface area contributed by atoms with Crippen molar-refractivity contribution in [3.63, 3.8) is 0 Å². The third-order valence-corrected chi connectivity index (χ3v) is 7.32. The quantitative estimate of drug-likeness (QED) is 0.356. The van der Waals surface area contributed by atoms with Gasteiger partial charge in [0.05, 0.1) is 15.5 Å². The molecule has 0 saturated carbocycles. The fourth-order valence-corrected chi connectivity index (χ4v) is 4.54. The van der Waals surface area contributed by atoms with Crippen molar-refractivity contribution in [2.24, 2.45) is 0 Å². The summed E-state index contributed by atoms with van der Waals surface area (Å²) in [5, 5.41) is 11.3. The van der Waals surface area contributed by atoms with E-state index in [1.165, 1.54) is 42.3 Å². The summed E-state index contributed by atoms with van der Waals surface area (Å²) >= 11 is 6.13. The molecule has 3 rings (SSSR count). The molecule has 0 aromatic heterocycles. The normalized spacial score (nSPS) is 11.2. The topological polar surface area (TPSA) is 101 Å². The zero-order valence-electron chi connectivity index (χ0n) is 18.2. The highest BCUT2D eigenvalue weighted by Crippen LogP contribution is 2.25. The molecule has 0 atom stereocenters. The van der Waals surface area contributed by atoms with Crippen LogP contribution in [0.3, 0.4) is 0 Å². The molecule has 0 aliphatic carbocycles. The lowest BCUT2D eigenvalue weighted by molar-refractivity contribution is -0.384. The molecule has 0 radical (unpaired) electrons. The third-order valence-electron chi connectivity index (χ3n) is 5.15. The first-order chi connectivity index (χ1) is 15.5. The van der Waals surface area contributed by atoms with Crippen molar-refractivity contribution >= 4 is 38.9 Å². The van der Waals surface area contributed by atoms with Gasteiger partial charge < -0.3 is 4.90 Å². The number of amides is 1. The highest BCUT2D eigenvalue weighted by molar-refractivity contribution is 7.92. The average molecular weight is 488 g/mol. The van der Waals surface area contributed by atoms with Crippen LogP contribution in [0.2, 0.25) is 5.02 Å². The zero-order chi connectivity index (χ0) is 24.3. The Balaban J connectivity index is 1.76. The number of benzene rings is 3. The van der Waals surface area contributed by atoms with Crippen LogP contribution in [0.5, 0.6) is 0 Å². The maximum atomic E-state index is 12.9. The molecule has 0 spiro atoms. The molecule has 3 aromatic carbocycles. The Bertz CT molecular complexity index is 1290. The van der Waals surface area contributed by atoms with Crippen molar-refractivity contribution in [1.82, 2.24) is 4.90 Å². The fraction of sp³-hybridized carbons (Fsp3) is 0.174. The third kappa shape index (κ3) is 5.32. The monoisotopic (exact) mass is 487 g/mol. The molecular weight excluding hydrogens is 466 g/mol. The SMILES string of the molecule is Cc1ccc(S(=O)(=O)N(C)c2ccc(C(=O)N(C)Cc3cc([N+](=O)[O-])ccc3Cl)cc2)cc1. The number of anilines is 1. The van der Waals surface area contributed by atoms with E-state index >= 15 is 0 Å². The van der Waals surface area contributed by atoms with Crippen LogP contribution in [-0.4, -0.2) is 38.2 Å². The van der Waals surface area contributed by atoms with Crippen molar-refractivity contribution < 1.29 is 18.1 Å². The number of hydrogen-bond donors (Lipinski definition) is 0. The summed E-state index contributed by atoms with van der Waals surface area (Å²) in [5.41, 5.74) is 2.02. The van der Waals surface area contributed by atoms with Crippen LogP contribution in [0.4, 0.5) is 11.4 Å². The van der Waals surface area contributed by atoms with Crippen LogP contribution in [-0.2, 0) is 16.6 Å². The highest BCUT2D eigenvalue weighted by Gasteiger charge is 2.22. The summed E-state index contributed by atoms with van der Waals surface area (Å²) in [6.45, 7) is 1.95. The van der Waals surface area contributed by atoms with Crippen molar-refractivity contribution in [1.29, 1.82) is 0 Å². The minimum absolute atomic E-state index is 0.0722. The molecule has 0 fully saturated rings. The number of nitrogens with zero attached hydrogens (tertiary/aromatic N) is 3. The number of halogens is 1. The van der Waals surface area contributed by atoms with Crippen molar-refractivity contribution in [2.45, 2.75) is 18.4 Å². The molecule has 0 unspecified atom stereocenters. The first-order valence-corrected chi connectivity index (χ1v) is 11.7. The predicted octanol–water partition coefficient (Wildman–Crippen LogP) is 4.65. The van der Waals surface area contributed by atoms with E-state index in [-0.39, 0.29) is 23.0 Å². The molecule has 8 nitrogen and oxygen atoms in total. The van der Waals surface area contributed by atoms with E-state index in [4.69, 9.17) is 11.6 Å². The van der Waals surface area contributed by atoms with Gasteiger partial charge in [-0.15, -0.1) is 0 Å². The summed E-state index contributed by atoms with van der Waals surface area (Å²) in [6, 6.07) is 16.8. The zero-order valence-corrected chi connectivity index (χ0v) is 19.8. The smallest absolute Gasteiger partial charge is 0.269 e. The molecule has 1 amide bonds. The number of nitro groups is 1. The highest BCUT2D eigenvalue weighted by atomic mass is 35.5. The van der Waals surface area contributed by atoms with Gasteiger partial charge in [-0.2, -0.15) is 0 Å². The molecule has 0 bridgehead atoms. The standard InChI is InChI=1S/C23H22ClN3O5S/c1-16-4-11-21(12-5-16)33(31,32)26(3)19-8-6-17(7-9-19)23(28)25(2)15-18-14-20(27(29)30)10-13-22(18)24/h4-14H,15H2,1-3H3. The van der Waals surface area contributed by atoms with E-state index in [2.05, 4.69) is 0 Å². The van der Waals surface area contributed by atoms with E-state index < -0.39 is 14.9 Å². The van der Waals surface area contributed by atoms with Gasteiger partial charge in [-0.05, 0) is 55.0 Å². The number of carbonyl (C=O) groups excluding carboxylic acids is 1. The van der Waals surface area contributed by atoms with Crippen LogP contribution in [0.15, 0.2) is 71.6 Å². The number of hydrogen-bond acceptors (Lipinski definition) is 5. The molecule has 3 aromatic rings. The van der Waals surface area contributed by atoms with Gasteiger partial charge in [0.2, 0.25) is 0 Å². The van der Waals surface area contributed by atoms with Gasteiger partial charge in [0.15, 0.2) is 0 Å². The average Bonchev–Trinajstić information content (AvgIpc) is 2.79. The Hall–Kier alpha value is -3.43. The molecule has 0 saturated heterocycles. The summed E-state index contributed by atoms with van der Waals surface area (Å²) in [4.78, 5) is 24.9. The predicted molar refractivity (Wildman–Crippen MR) is 127 cm³/mol. The second-order valence-electron chi connectivity index (χ2n) is 7.53. The minimum Gasteiger partial charge on any atom is -0.337 e. The van der Waals surface area contributed by atoms with Gasteiger partial charge in [-0.1, -0.05) is 29.3 Å². The Morgan fingerprint density at radius 1 is 1.00 bits per heavy atom. The van der Waals surface area contributed by atoms with Crippen LogP contribution in [0.1, 0.15) is 21.5 Å². The maximum Gasteiger partial charge on any atom is 0.269 e. The number of rotatable bonds is 7. The number of sulfonamides is 1. The second kappa shape index (κ2) is 9.60. The fourth-order valence-electron chi connectivity index (χ4n) is 3.16. The number of aryl methyl sites for hydroxylation is 1. The molecule has 10 heteroatoms. The van der Waals surface area contributed by atoms with Gasteiger partial charge >= 0.3 is 0 Å². The van der Waals surface area contributed by atoms with Crippen molar-refractivity contribution in [3.8, 4) is 0 Å². The molecule has 0 heterocycles. The van der Waals surface area contributed by atoms with E-state index in [1.807, 2.05) is 6.92 Å².